The molecule has 0 saturated carbocycles. The summed E-state index contributed by atoms with van der Waals surface area (Å²) in [7, 11) is 1.79. The van der Waals surface area contributed by atoms with Crippen molar-refractivity contribution in [3.63, 3.8) is 0 Å². The van der Waals surface area contributed by atoms with Gasteiger partial charge in [0.2, 0.25) is 11.8 Å². The number of anilines is 1. The van der Waals surface area contributed by atoms with E-state index in [9.17, 15) is 9.59 Å². The number of nitrogens with zero attached hydrogens (tertiary/aromatic N) is 1. The van der Waals surface area contributed by atoms with E-state index < -0.39 is 0 Å². The fourth-order valence-corrected chi connectivity index (χ4v) is 3.17. The number of carbonyl (C=O) groups is 2. The number of rotatable bonds is 3. The van der Waals surface area contributed by atoms with Gasteiger partial charge in [-0.1, -0.05) is 12.1 Å². The fraction of sp³-hybridized carbons (Fsp3) is 0.529. The van der Waals surface area contributed by atoms with E-state index in [1.807, 2.05) is 32.0 Å². The van der Waals surface area contributed by atoms with Gasteiger partial charge in [-0.15, -0.1) is 12.4 Å². The summed E-state index contributed by atoms with van der Waals surface area (Å²) in [6.45, 7) is 5.17. The molecule has 2 heterocycles. The highest BCUT2D eigenvalue weighted by atomic mass is 35.5. The third-order valence-electron chi connectivity index (χ3n) is 4.64. The molecule has 2 N–H and O–H groups in total. The van der Waals surface area contributed by atoms with Gasteiger partial charge in [-0.25, -0.2) is 0 Å². The number of ether oxygens (including phenoxy) is 1. The molecule has 3 rings (SSSR count). The summed E-state index contributed by atoms with van der Waals surface area (Å²) in [6, 6.07) is 5.48. The predicted molar refractivity (Wildman–Crippen MR) is 94.6 cm³/mol. The van der Waals surface area contributed by atoms with Crippen molar-refractivity contribution in [2.45, 2.75) is 38.5 Å². The van der Waals surface area contributed by atoms with Gasteiger partial charge in [-0.2, -0.15) is 0 Å². The number of carbonyl (C=O) groups excluding carboxylic acids is 2. The van der Waals surface area contributed by atoms with Crippen LogP contribution < -0.4 is 15.5 Å². The van der Waals surface area contributed by atoms with E-state index in [1.54, 1.807) is 11.9 Å². The lowest BCUT2D eigenvalue weighted by Crippen LogP contribution is -2.55. The predicted octanol–water partition coefficient (Wildman–Crippen LogP) is 1.18. The smallest absolute Gasteiger partial charge is 0.240 e. The van der Waals surface area contributed by atoms with Crippen molar-refractivity contribution in [2.75, 3.05) is 25.1 Å². The van der Waals surface area contributed by atoms with E-state index in [4.69, 9.17) is 4.74 Å². The monoisotopic (exact) mass is 353 g/mol. The number of fused-ring (bicyclic) bond motifs is 1. The molecule has 0 aromatic heterocycles. The highest BCUT2D eigenvalue weighted by Crippen LogP contribution is 2.30. The number of morpholine rings is 1. The van der Waals surface area contributed by atoms with Crippen molar-refractivity contribution in [3.05, 3.63) is 29.3 Å². The number of nitrogens with one attached hydrogen (secondary N) is 2. The Bertz CT molecular complexity index is 638. The molecule has 1 unspecified atom stereocenters. The largest absolute Gasteiger partial charge is 0.375 e. The quantitative estimate of drug-likeness (QED) is 0.856. The molecule has 24 heavy (non-hydrogen) atoms. The van der Waals surface area contributed by atoms with Gasteiger partial charge < -0.3 is 20.3 Å². The molecule has 0 bridgehead atoms. The minimum Gasteiger partial charge on any atom is -0.375 e. The Balaban J connectivity index is 0.00000208. The topological polar surface area (TPSA) is 70.7 Å². The average Bonchev–Trinajstić information content (AvgIpc) is 2.81. The average molecular weight is 354 g/mol. The molecule has 0 radical (unpaired) electrons. The highest BCUT2D eigenvalue weighted by Gasteiger charge is 2.30. The second kappa shape index (κ2) is 7.51. The van der Waals surface area contributed by atoms with Gasteiger partial charge in [-0.3, -0.25) is 9.59 Å². The van der Waals surface area contributed by atoms with Crippen molar-refractivity contribution in [1.29, 1.82) is 0 Å². The highest BCUT2D eigenvalue weighted by molar-refractivity contribution is 6.01. The molecule has 2 aliphatic rings. The Morgan fingerprint density at radius 2 is 2.21 bits per heavy atom. The first kappa shape index (κ1) is 18.7. The van der Waals surface area contributed by atoms with Crippen LogP contribution in [0.2, 0.25) is 0 Å². The van der Waals surface area contributed by atoms with Gasteiger partial charge >= 0.3 is 0 Å². The molecule has 132 valence electrons. The van der Waals surface area contributed by atoms with Crippen molar-refractivity contribution in [1.82, 2.24) is 10.6 Å². The second-order valence-electron chi connectivity index (χ2n) is 6.26. The summed E-state index contributed by atoms with van der Waals surface area (Å²) in [5.74, 6) is 0.0459. The summed E-state index contributed by atoms with van der Waals surface area (Å²) in [5.41, 5.74) is 2.97. The minimum absolute atomic E-state index is 0. The standard InChI is InChI=1S/C17H23N3O3.ClH/c1-10(19-17(22)16-11(2)23-7-6-18-16)12-4-5-14-13(8-12)9-15(21)20(14)3;/h4-5,8,10-11,16,18H,6-7,9H2,1-3H3,(H,19,22);1H/t10?,11-,16+;/m1./s1. The van der Waals surface area contributed by atoms with E-state index >= 15 is 0 Å². The molecule has 1 aromatic rings. The molecule has 0 aliphatic carbocycles. The van der Waals surface area contributed by atoms with Crippen molar-refractivity contribution >= 4 is 29.9 Å². The molecule has 1 fully saturated rings. The molecular weight excluding hydrogens is 330 g/mol. The first-order valence-corrected chi connectivity index (χ1v) is 8.02. The van der Waals surface area contributed by atoms with Gasteiger partial charge in [0, 0.05) is 19.3 Å². The van der Waals surface area contributed by atoms with Crippen LogP contribution in [0, 0.1) is 0 Å². The molecule has 3 atom stereocenters. The van der Waals surface area contributed by atoms with Crippen molar-refractivity contribution < 1.29 is 14.3 Å². The summed E-state index contributed by atoms with van der Waals surface area (Å²) in [5, 5.41) is 6.22. The van der Waals surface area contributed by atoms with Crippen molar-refractivity contribution in [3.8, 4) is 0 Å². The number of benzene rings is 1. The number of amides is 2. The number of hydrogen-bond acceptors (Lipinski definition) is 4. The molecule has 0 spiro atoms. The van der Waals surface area contributed by atoms with Crippen LogP contribution in [0.5, 0.6) is 0 Å². The zero-order valence-electron chi connectivity index (χ0n) is 14.2. The van der Waals surface area contributed by atoms with Crippen LogP contribution in [0.3, 0.4) is 0 Å². The molecule has 2 aliphatic heterocycles. The second-order valence-corrected chi connectivity index (χ2v) is 6.26. The van der Waals surface area contributed by atoms with Crippen LogP contribution in [0.4, 0.5) is 5.69 Å². The van der Waals surface area contributed by atoms with Crippen molar-refractivity contribution in [2.24, 2.45) is 0 Å². The maximum absolute atomic E-state index is 12.4. The zero-order valence-corrected chi connectivity index (χ0v) is 15.0. The first-order chi connectivity index (χ1) is 11.0. The Hall–Kier alpha value is -1.63. The summed E-state index contributed by atoms with van der Waals surface area (Å²) < 4.78 is 5.52. The Labute approximate surface area is 148 Å². The summed E-state index contributed by atoms with van der Waals surface area (Å²) >= 11 is 0. The van der Waals surface area contributed by atoms with Gasteiger partial charge in [0.1, 0.15) is 6.04 Å². The summed E-state index contributed by atoms with van der Waals surface area (Å²) in [6.07, 6.45) is 0.289. The van der Waals surface area contributed by atoms with Gasteiger partial charge in [0.05, 0.1) is 25.2 Å². The molecule has 2 amide bonds. The van der Waals surface area contributed by atoms with E-state index in [0.29, 0.717) is 19.6 Å². The maximum Gasteiger partial charge on any atom is 0.240 e. The lowest BCUT2D eigenvalue weighted by Gasteiger charge is -2.30. The van der Waals surface area contributed by atoms with E-state index in [0.717, 1.165) is 16.8 Å². The van der Waals surface area contributed by atoms with Crippen LogP contribution in [-0.4, -0.2) is 44.2 Å². The Morgan fingerprint density at radius 1 is 1.46 bits per heavy atom. The van der Waals surface area contributed by atoms with Gasteiger partial charge in [0.15, 0.2) is 0 Å². The lowest BCUT2D eigenvalue weighted by molar-refractivity contribution is -0.129. The van der Waals surface area contributed by atoms with Crippen LogP contribution in [0.15, 0.2) is 18.2 Å². The Kier molecular flexibility index (Phi) is 5.85. The molecular formula is C17H24ClN3O3. The third-order valence-corrected chi connectivity index (χ3v) is 4.64. The molecule has 6 nitrogen and oxygen atoms in total. The third kappa shape index (κ3) is 3.55. The first-order valence-electron chi connectivity index (χ1n) is 8.02. The van der Waals surface area contributed by atoms with Crippen LogP contribution in [0.25, 0.3) is 0 Å². The Morgan fingerprint density at radius 3 is 2.92 bits per heavy atom. The molecule has 1 saturated heterocycles. The normalized spacial score (nSPS) is 24.1. The van der Waals surface area contributed by atoms with Gasteiger partial charge in [-0.05, 0) is 31.0 Å². The minimum atomic E-state index is -0.326. The van der Waals surface area contributed by atoms with Crippen LogP contribution >= 0.6 is 12.4 Å². The molecule has 1 aromatic carbocycles. The summed E-state index contributed by atoms with van der Waals surface area (Å²) in [4.78, 5) is 25.9. The lowest BCUT2D eigenvalue weighted by atomic mass is 10.0. The van der Waals surface area contributed by atoms with E-state index in [-0.39, 0.29) is 42.4 Å². The van der Waals surface area contributed by atoms with E-state index in [2.05, 4.69) is 10.6 Å². The van der Waals surface area contributed by atoms with Gasteiger partial charge in [0.25, 0.3) is 0 Å². The van der Waals surface area contributed by atoms with Crippen LogP contribution in [0.1, 0.15) is 31.0 Å². The number of halogens is 1. The molecule has 7 heteroatoms. The SMILES string of the molecule is CC(NC(=O)[C@H]1NCCO[C@@H]1C)c1ccc2c(c1)CC(=O)N2C.Cl. The number of likely N-dealkylation sites (N-methyl/N-ethyl adjacent to an activating group) is 1. The van der Waals surface area contributed by atoms with E-state index in [1.165, 1.54) is 0 Å². The fourth-order valence-electron chi connectivity index (χ4n) is 3.17. The zero-order chi connectivity index (χ0) is 16.6. The number of hydrogen-bond donors (Lipinski definition) is 2. The van der Waals surface area contributed by atoms with Crippen LogP contribution in [-0.2, 0) is 20.7 Å². The maximum atomic E-state index is 12.4.